The van der Waals surface area contributed by atoms with Gasteiger partial charge in [-0.25, -0.2) is 13.6 Å². The van der Waals surface area contributed by atoms with E-state index in [1.807, 2.05) is 0 Å². The fourth-order valence-electron chi connectivity index (χ4n) is 2.09. The summed E-state index contributed by atoms with van der Waals surface area (Å²) in [7, 11) is -4.04. The average molecular weight is 351 g/mol. The molecule has 0 aliphatic heterocycles. The molecule has 1 aromatic carbocycles. The number of amides is 1. The number of hydrogen-bond acceptors (Lipinski definition) is 3. The van der Waals surface area contributed by atoms with E-state index < -0.39 is 15.9 Å². The average Bonchev–Trinajstić information content (AvgIpc) is 3.21. The Morgan fingerprint density at radius 1 is 1.43 bits per heavy atom. The van der Waals surface area contributed by atoms with Crippen LogP contribution in [0.25, 0.3) is 0 Å². The summed E-state index contributed by atoms with van der Waals surface area (Å²) in [5, 5.41) is 7.63. The minimum atomic E-state index is -4.04. The third-order valence-electron chi connectivity index (χ3n) is 3.57. The van der Waals surface area contributed by atoms with Crippen LogP contribution in [0.1, 0.15) is 30.1 Å². The van der Waals surface area contributed by atoms with Gasteiger partial charge >= 0.3 is 0 Å². The molecule has 1 aliphatic rings. The highest BCUT2D eigenvalue weighted by atomic mass is 35.5. The van der Waals surface area contributed by atoms with Crippen LogP contribution in [0.5, 0.6) is 0 Å². The van der Waals surface area contributed by atoms with Crippen molar-refractivity contribution in [1.29, 1.82) is 0 Å². The van der Waals surface area contributed by atoms with Gasteiger partial charge in [-0.3, -0.25) is 4.79 Å². The number of rotatable bonds is 5. The van der Waals surface area contributed by atoms with Crippen LogP contribution in [0.15, 0.2) is 17.0 Å². The molecule has 0 saturated heterocycles. The zero-order valence-corrected chi connectivity index (χ0v) is 13.7. The van der Waals surface area contributed by atoms with E-state index in [1.54, 1.807) is 0 Å². The van der Waals surface area contributed by atoms with Gasteiger partial charge in [0.15, 0.2) is 0 Å². The fraction of sp³-hybridized carbons (Fsp3) is 0.462. The molecule has 3 N–H and O–H groups in total. The highest BCUT2D eigenvalue weighted by Gasteiger charge is 2.28. The molecule has 0 radical (unpaired) electrons. The summed E-state index contributed by atoms with van der Waals surface area (Å²) < 4.78 is 22.9. The van der Waals surface area contributed by atoms with Gasteiger partial charge in [0.1, 0.15) is 4.90 Å². The lowest BCUT2D eigenvalue weighted by Crippen LogP contribution is -2.29. The predicted molar refractivity (Wildman–Crippen MR) is 82.1 cm³/mol. The third-order valence-corrected chi connectivity index (χ3v) is 5.42. The molecule has 0 aromatic heterocycles. The number of hydrogen-bond donors (Lipinski definition) is 2. The van der Waals surface area contributed by atoms with Gasteiger partial charge in [0.05, 0.1) is 10.0 Å². The van der Waals surface area contributed by atoms with Crippen molar-refractivity contribution in [3.8, 4) is 0 Å². The van der Waals surface area contributed by atoms with E-state index in [0.29, 0.717) is 18.4 Å². The van der Waals surface area contributed by atoms with Crippen LogP contribution in [0.3, 0.4) is 0 Å². The van der Waals surface area contributed by atoms with Gasteiger partial charge < -0.3 is 5.32 Å². The molecule has 1 aromatic rings. The molecule has 1 unspecified atom stereocenters. The molecule has 0 heterocycles. The molecule has 0 bridgehead atoms. The Morgan fingerprint density at radius 2 is 2.05 bits per heavy atom. The van der Waals surface area contributed by atoms with Crippen molar-refractivity contribution in [2.24, 2.45) is 17.0 Å². The highest BCUT2D eigenvalue weighted by Crippen LogP contribution is 2.36. The Bertz CT molecular complexity index is 672. The standard InChI is InChI=1S/C13H16Cl2N2O3S/c1-7(8-2-3-8)6-17-13(18)9-4-10(14)12(15)11(5-9)21(16,19)20/h4-5,7-8H,2-3,6H2,1H3,(H,17,18)(H2,16,19,20). The Balaban J connectivity index is 2.19. The molecule has 8 heteroatoms. The van der Waals surface area contributed by atoms with Crippen molar-refractivity contribution in [1.82, 2.24) is 5.32 Å². The van der Waals surface area contributed by atoms with Crippen LogP contribution >= 0.6 is 23.2 Å². The normalized spacial score (nSPS) is 16.6. The van der Waals surface area contributed by atoms with Crippen molar-refractivity contribution in [3.05, 3.63) is 27.7 Å². The molecule has 5 nitrogen and oxygen atoms in total. The SMILES string of the molecule is CC(CNC(=O)c1cc(Cl)c(Cl)c(S(N)(=O)=O)c1)C1CC1. The molecule has 1 saturated carbocycles. The first-order valence-electron chi connectivity index (χ1n) is 6.50. The topological polar surface area (TPSA) is 89.3 Å². The van der Waals surface area contributed by atoms with Crippen LogP contribution in [0.2, 0.25) is 10.0 Å². The quantitative estimate of drug-likeness (QED) is 0.854. The van der Waals surface area contributed by atoms with Crippen molar-refractivity contribution >= 4 is 39.1 Å². The first-order valence-corrected chi connectivity index (χ1v) is 8.80. The summed E-state index contributed by atoms with van der Waals surface area (Å²) in [6, 6.07) is 2.47. The zero-order valence-electron chi connectivity index (χ0n) is 11.4. The largest absolute Gasteiger partial charge is 0.352 e. The molecule has 21 heavy (non-hydrogen) atoms. The van der Waals surface area contributed by atoms with Crippen LogP contribution in [0.4, 0.5) is 0 Å². The van der Waals surface area contributed by atoms with E-state index in [9.17, 15) is 13.2 Å². The molecule has 1 fully saturated rings. The second-order valence-corrected chi connectivity index (χ2v) is 7.65. The summed E-state index contributed by atoms with van der Waals surface area (Å²) in [4.78, 5) is 11.7. The van der Waals surface area contributed by atoms with Crippen molar-refractivity contribution in [2.75, 3.05) is 6.54 Å². The maximum absolute atomic E-state index is 12.1. The minimum Gasteiger partial charge on any atom is -0.352 e. The van der Waals surface area contributed by atoms with Gasteiger partial charge in [0, 0.05) is 12.1 Å². The highest BCUT2D eigenvalue weighted by molar-refractivity contribution is 7.89. The number of carbonyl (C=O) groups is 1. The summed E-state index contributed by atoms with van der Waals surface area (Å²) in [5.74, 6) is 0.666. The maximum atomic E-state index is 12.1. The van der Waals surface area contributed by atoms with Gasteiger partial charge in [-0.15, -0.1) is 0 Å². The van der Waals surface area contributed by atoms with Crippen LogP contribution < -0.4 is 10.5 Å². The number of nitrogens with two attached hydrogens (primary N) is 1. The third kappa shape index (κ3) is 4.10. The lowest BCUT2D eigenvalue weighted by Gasteiger charge is -2.12. The van der Waals surface area contributed by atoms with Gasteiger partial charge in [-0.2, -0.15) is 0 Å². The molecule has 1 atom stereocenters. The van der Waals surface area contributed by atoms with Gasteiger partial charge in [-0.1, -0.05) is 30.1 Å². The van der Waals surface area contributed by atoms with Gasteiger partial charge in [-0.05, 0) is 36.8 Å². The van der Waals surface area contributed by atoms with E-state index >= 15 is 0 Å². The number of nitrogens with one attached hydrogen (secondary N) is 1. The monoisotopic (exact) mass is 350 g/mol. The van der Waals surface area contributed by atoms with Crippen molar-refractivity contribution < 1.29 is 13.2 Å². The lowest BCUT2D eigenvalue weighted by molar-refractivity contribution is 0.0946. The van der Waals surface area contributed by atoms with E-state index in [1.165, 1.54) is 18.9 Å². The molecule has 2 rings (SSSR count). The summed E-state index contributed by atoms with van der Waals surface area (Å²) >= 11 is 11.7. The number of halogens is 2. The van der Waals surface area contributed by atoms with E-state index in [-0.39, 0.29) is 20.5 Å². The second kappa shape index (κ2) is 6.12. The Morgan fingerprint density at radius 3 is 2.57 bits per heavy atom. The van der Waals surface area contributed by atoms with Gasteiger partial charge in [0.2, 0.25) is 10.0 Å². The molecule has 1 aliphatic carbocycles. The Labute approximate surface area is 133 Å². The predicted octanol–water partition coefficient (Wildman–Crippen LogP) is 2.42. The van der Waals surface area contributed by atoms with Crippen LogP contribution in [-0.2, 0) is 10.0 Å². The lowest BCUT2D eigenvalue weighted by atomic mass is 10.1. The number of primary sulfonamides is 1. The number of sulfonamides is 1. The summed E-state index contributed by atoms with van der Waals surface area (Å²) in [5.41, 5.74) is 0.122. The van der Waals surface area contributed by atoms with E-state index in [0.717, 1.165) is 6.07 Å². The smallest absolute Gasteiger partial charge is 0.251 e. The Kier molecular flexibility index (Phi) is 4.82. The van der Waals surface area contributed by atoms with Crippen LogP contribution in [-0.4, -0.2) is 20.9 Å². The summed E-state index contributed by atoms with van der Waals surface area (Å²) in [6.07, 6.45) is 2.39. The number of benzene rings is 1. The second-order valence-electron chi connectivity index (χ2n) is 5.34. The van der Waals surface area contributed by atoms with Crippen molar-refractivity contribution in [2.45, 2.75) is 24.7 Å². The molecular formula is C13H16Cl2N2O3S. The summed E-state index contributed by atoms with van der Waals surface area (Å²) in [6.45, 7) is 2.61. The molecule has 116 valence electrons. The number of carbonyl (C=O) groups excluding carboxylic acids is 1. The molecular weight excluding hydrogens is 335 g/mol. The minimum absolute atomic E-state index is 0.0245. The van der Waals surface area contributed by atoms with Crippen molar-refractivity contribution in [3.63, 3.8) is 0 Å². The first-order chi connectivity index (χ1) is 9.70. The first kappa shape index (κ1) is 16.5. The maximum Gasteiger partial charge on any atom is 0.251 e. The Hall–Kier alpha value is -0.820. The molecule has 1 amide bonds. The van der Waals surface area contributed by atoms with E-state index in [4.69, 9.17) is 28.3 Å². The van der Waals surface area contributed by atoms with Crippen LogP contribution in [0, 0.1) is 11.8 Å². The fourth-order valence-corrected chi connectivity index (χ4v) is 3.45. The molecule has 0 spiro atoms. The van der Waals surface area contributed by atoms with E-state index in [2.05, 4.69) is 12.2 Å². The zero-order chi connectivity index (χ0) is 15.8. The van der Waals surface area contributed by atoms with Gasteiger partial charge in [0.25, 0.3) is 5.91 Å².